The molecular formula is C25H23ClFNO3. The van der Waals surface area contributed by atoms with Gasteiger partial charge in [-0.05, 0) is 53.6 Å². The summed E-state index contributed by atoms with van der Waals surface area (Å²) in [5, 5.41) is 13.2. The molecule has 0 fully saturated rings. The van der Waals surface area contributed by atoms with Gasteiger partial charge in [-0.25, -0.2) is 9.18 Å². The second-order valence-electron chi connectivity index (χ2n) is 7.56. The lowest BCUT2D eigenvalue weighted by molar-refractivity contribution is -0.152. The molecule has 3 aromatic rings. The van der Waals surface area contributed by atoms with Gasteiger partial charge in [-0.15, -0.1) is 0 Å². The molecule has 0 radical (unpaired) electrons. The number of hydrogen-bond donors (Lipinski definition) is 1. The molecule has 3 aromatic carbocycles. The first-order valence-corrected chi connectivity index (χ1v) is 10.4. The zero-order valence-electron chi connectivity index (χ0n) is 16.9. The van der Waals surface area contributed by atoms with Crippen LogP contribution in [0, 0.1) is 4.91 Å². The van der Waals surface area contributed by atoms with Gasteiger partial charge in [0.15, 0.2) is 0 Å². The smallest absolute Gasteiger partial charge is 0.341 e. The van der Waals surface area contributed by atoms with Gasteiger partial charge in [0.1, 0.15) is 6.04 Å². The topological polar surface area (TPSA) is 66.7 Å². The van der Waals surface area contributed by atoms with Gasteiger partial charge in [-0.2, -0.15) is 4.91 Å². The maximum absolute atomic E-state index is 15.3. The fourth-order valence-corrected chi connectivity index (χ4v) is 3.70. The number of hydrogen-bond acceptors (Lipinski definition) is 3. The minimum Gasteiger partial charge on any atom is -0.479 e. The van der Waals surface area contributed by atoms with Crippen molar-refractivity contribution in [2.75, 3.05) is 0 Å². The molecule has 0 aliphatic carbocycles. The number of carbonyl (C=O) groups is 1. The molecule has 4 nitrogen and oxygen atoms in total. The number of alkyl halides is 1. The van der Waals surface area contributed by atoms with Crippen LogP contribution < -0.4 is 0 Å². The fraction of sp³-hybridized carbons (Fsp3) is 0.240. The van der Waals surface area contributed by atoms with E-state index in [1.807, 2.05) is 42.5 Å². The number of aliphatic carboxylic acids is 1. The lowest BCUT2D eigenvalue weighted by atomic mass is 9.87. The highest BCUT2D eigenvalue weighted by molar-refractivity contribution is 6.30. The van der Waals surface area contributed by atoms with E-state index < -0.39 is 24.1 Å². The normalized spacial score (nSPS) is 13.9. The van der Waals surface area contributed by atoms with Crippen LogP contribution in [0.3, 0.4) is 0 Å². The third kappa shape index (κ3) is 5.98. The van der Waals surface area contributed by atoms with Crippen LogP contribution in [0.5, 0.6) is 0 Å². The summed E-state index contributed by atoms with van der Waals surface area (Å²) in [6.45, 7) is 0. The Morgan fingerprint density at radius 3 is 2.10 bits per heavy atom. The Kier molecular flexibility index (Phi) is 7.53. The molecule has 1 N–H and O–H groups in total. The quantitative estimate of drug-likeness (QED) is 0.345. The van der Waals surface area contributed by atoms with Crippen LogP contribution in [0.25, 0.3) is 11.1 Å². The average molecular weight is 440 g/mol. The maximum atomic E-state index is 15.3. The largest absolute Gasteiger partial charge is 0.479 e. The van der Waals surface area contributed by atoms with Gasteiger partial charge < -0.3 is 5.11 Å². The first-order valence-electron chi connectivity index (χ1n) is 10.1. The molecule has 3 rings (SSSR count). The Balaban J connectivity index is 1.69. The number of nitrogens with zero attached hydrogens (tertiary/aromatic N) is 1. The van der Waals surface area contributed by atoms with Gasteiger partial charge >= 0.3 is 5.97 Å². The number of carboxylic acid groups (broad SMARTS) is 1. The van der Waals surface area contributed by atoms with E-state index in [0.717, 1.165) is 16.7 Å². The zero-order chi connectivity index (χ0) is 22.3. The van der Waals surface area contributed by atoms with E-state index in [1.54, 1.807) is 36.4 Å². The molecule has 0 bridgehead atoms. The first kappa shape index (κ1) is 22.6. The van der Waals surface area contributed by atoms with Crippen molar-refractivity contribution in [1.82, 2.24) is 0 Å². The summed E-state index contributed by atoms with van der Waals surface area (Å²) in [4.78, 5) is 23.2. The van der Waals surface area contributed by atoms with E-state index >= 15 is 4.39 Å². The fourth-order valence-electron chi connectivity index (χ4n) is 3.58. The van der Waals surface area contributed by atoms with Crippen LogP contribution in [0.1, 0.15) is 36.4 Å². The predicted octanol–water partition coefficient (Wildman–Crippen LogP) is 7.02. The summed E-state index contributed by atoms with van der Waals surface area (Å²) in [7, 11) is 0. The van der Waals surface area contributed by atoms with Crippen LogP contribution in [0.4, 0.5) is 4.39 Å². The number of rotatable bonds is 10. The Hall–Kier alpha value is -3.05. The maximum Gasteiger partial charge on any atom is 0.341 e. The van der Waals surface area contributed by atoms with Crippen molar-refractivity contribution >= 4 is 17.6 Å². The summed E-state index contributed by atoms with van der Waals surface area (Å²) in [5.41, 5.74) is 0.815. The van der Waals surface area contributed by atoms with Gasteiger partial charge in [0.25, 0.3) is 0 Å². The van der Waals surface area contributed by atoms with E-state index in [1.165, 1.54) is 0 Å². The van der Waals surface area contributed by atoms with Gasteiger partial charge in [0, 0.05) is 11.4 Å². The monoisotopic (exact) mass is 439 g/mol. The van der Waals surface area contributed by atoms with Gasteiger partial charge in [-0.3, -0.25) is 0 Å². The van der Waals surface area contributed by atoms with Crippen LogP contribution in [-0.2, 0) is 11.2 Å². The Bertz CT molecular complexity index is 1010. The lowest BCUT2D eigenvalue weighted by Gasteiger charge is -2.23. The standard InChI is InChI=1S/C25H23ClFNO3/c26-22-14-12-20(13-15-22)19-8-10-21(11-9-19)23(28-31)17-25(27,24(29)30)16-4-7-18-5-2-1-3-6-18/h1-3,5-6,8-15,23H,4,7,16-17H2,(H,29,30). The molecule has 31 heavy (non-hydrogen) atoms. The number of benzene rings is 3. The van der Waals surface area contributed by atoms with Crippen LogP contribution in [0.15, 0.2) is 84.0 Å². The summed E-state index contributed by atoms with van der Waals surface area (Å²) >= 11 is 5.91. The van der Waals surface area contributed by atoms with Gasteiger partial charge in [0.2, 0.25) is 5.67 Å². The first-order chi connectivity index (χ1) is 14.9. The van der Waals surface area contributed by atoms with E-state index in [2.05, 4.69) is 5.18 Å². The molecule has 0 aromatic heterocycles. The Labute approximate surface area is 185 Å². The summed E-state index contributed by atoms with van der Waals surface area (Å²) in [6, 6.07) is 22.7. The minimum atomic E-state index is -2.53. The van der Waals surface area contributed by atoms with Crippen molar-refractivity contribution < 1.29 is 14.3 Å². The molecule has 0 saturated carbocycles. The second kappa shape index (κ2) is 10.3. The molecule has 2 unspecified atom stereocenters. The van der Waals surface area contributed by atoms with Crippen molar-refractivity contribution in [2.24, 2.45) is 5.18 Å². The molecule has 0 aliphatic heterocycles. The lowest BCUT2D eigenvalue weighted by Crippen LogP contribution is -2.35. The minimum absolute atomic E-state index is 0.188. The van der Waals surface area contributed by atoms with E-state index in [9.17, 15) is 14.8 Å². The van der Waals surface area contributed by atoms with Crippen molar-refractivity contribution in [2.45, 2.75) is 37.4 Å². The summed E-state index contributed by atoms with van der Waals surface area (Å²) in [6.07, 6.45) is 0.232. The molecular weight excluding hydrogens is 417 g/mol. The highest BCUT2D eigenvalue weighted by Gasteiger charge is 2.41. The molecule has 2 atom stereocenters. The predicted molar refractivity (Wildman–Crippen MR) is 121 cm³/mol. The van der Waals surface area contributed by atoms with E-state index in [-0.39, 0.29) is 6.42 Å². The van der Waals surface area contributed by atoms with E-state index in [4.69, 9.17) is 11.6 Å². The van der Waals surface area contributed by atoms with Crippen molar-refractivity contribution in [1.29, 1.82) is 0 Å². The van der Waals surface area contributed by atoms with Crippen molar-refractivity contribution in [3.05, 3.63) is 99.9 Å². The number of halogens is 2. The van der Waals surface area contributed by atoms with Crippen LogP contribution in [0.2, 0.25) is 5.02 Å². The summed E-state index contributed by atoms with van der Waals surface area (Å²) < 4.78 is 15.3. The molecule has 0 spiro atoms. The second-order valence-corrected chi connectivity index (χ2v) is 8.00. The van der Waals surface area contributed by atoms with Crippen LogP contribution in [-0.4, -0.2) is 16.7 Å². The third-order valence-electron chi connectivity index (χ3n) is 5.38. The Morgan fingerprint density at radius 2 is 1.55 bits per heavy atom. The molecule has 0 amide bonds. The van der Waals surface area contributed by atoms with Crippen molar-refractivity contribution in [3.8, 4) is 11.1 Å². The third-order valence-corrected chi connectivity index (χ3v) is 5.63. The zero-order valence-corrected chi connectivity index (χ0v) is 17.6. The molecule has 160 valence electrons. The SMILES string of the molecule is O=NC(CC(F)(CCCc1ccccc1)C(=O)O)c1ccc(-c2ccc(Cl)cc2)cc1. The van der Waals surface area contributed by atoms with E-state index in [0.29, 0.717) is 23.4 Å². The highest BCUT2D eigenvalue weighted by atomic mass is 35.5. The van der Waals surface area contributed by atoms with Gasteiger partial charge in [0.05, 0.1) is 0 Å². The molecule has 0 saturated heterocycles. The Morgan fingerprint density at radius 1 is 0.968 bits per heavy atom. The highest BCUT2D eigenvalue weighted by Crippen LogP contribution is 2.35. The number of nitroso groups, excluding NO2 is 1. The van der Waals surface area contributed by atoms with Gasteiger partial charge in [-0.1, -0.05) is 83.5 Å². The molecule has 0 aliphatic rings. The average Bonchev–Trinajstić information content (AvgIpc) is 2.79. The van der Waals surface area contributed by atoms with Crippen LogP contribution >= 0.6 is 11.6 Å². The van der Waals surface area contributed by atoms with Crippen molar-refractivity contribution in [3.63, 3.8) is 0 Å². The molecule has 6 heteroatoms. The number of carboxylic acids is 1. The molecule has 0 heterocycles. The number of aryl methyl sites for hydroxylation is 1. The summed E-state index contributed by atoms with van der Waals surface area (Å²) in [5.74, 6) is -1.56.